The summed E-state index contributed by atoms with van der Waals surface area (Å²) < 4.78 is 6.76. The van der Waals surface area contributed by atoms with E-state index >= 15 is 0 Å². The van der Waals surface area contributed by atoms with Crippen molar-refractivity contribution in [2.45, 2.75) is 5.16 Å². The Bertz CT molecular complexity index is 1110. The average molecular weight is 417 g/mol. The first-order chi connectivity index (χ1) is 14.7. The second-order valence-corrected chi connectivity index (χ2v) is 7.29. The van der Waals surface area contributed by atoms with Crippen LogP contribution in [0.25, 0.3) is 16.8 Å². The van der Waals surface area contributed by atoms with Crippen LogP contribution in [0.15, 0.2) is 84.0 Å². The van der Waals surface area contributed by atoms with Crippen LogP contribution in [0.3, 0.4) is 0 Å². The number of tetrazole rings is 1. The number of ether oxygens (including phenoxy) is 1. The molecule has 1 heterocycles. The first kappa shape index (κ1) is 19.7. The lowest BCUT2D eigenvalue weighted by atomic mass is 10.1. The molecule has 4 rings (SSSR count). The summed E-state index contributed by atoms with van der Waals surface area (Å²) in [5.41, 5.74) is 3.77. The van der Waals surface area contributed by atoms with Crippen LogP contribution in [0.2, 0.25) is 0 Å². The minimum atomic E-state index is -0.128. The Labute approximate surface area is 178 Å². The van der Waals surface area contributed by atoms with Gasteiger partial charge in [-0.05, 0) is 58.0 Å². The number of carbonyl (C=O) groups excluding carboxylic acids is 1. The molecule has 0 bridgehead atoms. The van der Waals surface area contributed by atoms with E-state index in [9.17, 15) is 4.79 Å². The van der Waals surface area contributed by atoms with Gasteiger partial charge in [-0.3, -0.25) is 4.79 Å². The molecule has 0 saturated heterocycles. The minimum absolute atomic E-state index is 0.128. The summed E-state index contributed by atoms with van der Waals surface area (Å²) in [5.74, 6) is 0.812. The SMILES string of the molecule is COc1ccc(-n2nnnc2SCC(=O)Nc2ccc(-c3ccccc3)cc2)cc1. The number of carbonyl (C=O) groups is 1. The lowest BCUT2D eigenvalue weighted by Gasteiger charge is -2.07. The fourth-order valence-electron chi connectivity index (χ4n) is 2.86. The van der Waals surface area contributed by atoms with Crippen LogP contribution in [-0.2, 0) is 4.79 Å². The Hall–Kier alpha value is -3.65. The highest BCUT2D eigenvalue weighted by Gasteiger charge is 2.12. The van der Waals surface area contributed by atoms with Crippen LogP contribution < -0.4 is 10.1 Å². The standard InChI is InChI=1S/C22H19N5O2S/c1-29-20-13-11-19(12-14-20)27-22(24-25-26-27)30-15-21(28)23-18-9-7-17(8-10-18)16-5-3-2-4-6-16/h2-14H,15H2,1H3,(H,23,28). The van der Waals surface area contributed by atoms with E-state index in [-0.39, 0.29) is 11.7 Å². The molecule has 0 aliphatic heterocycles. The van der Waals surface area contributed by atoms with Crippen LogP contribution in [0.1, 0.15) is 0 Å². The van der Waals surface area contributed by atoms with Crippen LogP contribution in [0, 0.1) is 0 Å². The molecule has 150 valence electrons. The molecule has 0 aliphatic rings. The van der Waals surface area contributed by atoms with Crippen molar-refractivity contribution in [2.24, 2.45) is 0 Å². The maximum absolute atomic E-state index is 12.4. The summed E-state index contributed by atoms with van der Waals surface area (Å²) in [6.45, 7) is 0. The van der Waals surface area contributed by atoms with Gasteiger partial charge in [0.2, 0.25) is 11.1 Å². The predicted octanol–water partition coefficient (Wildman–Crippen LogP) is 4.07. The molecule has 30 heavy (non-hydrogen) atoms. The van der Waals surface area contributed by atoms with E-state index < -0.39 is 0 Å². The van der Waals surface area contributed by atoms with Crippen LogP contribution in [0.4, 0.5) is 5.69 Å². The summed E-state index contributed by atoms with van der Waals surface area (Å²) >= 11 is 1.27. The normalized spacial score (nSPS) is 10.6. The van der Waals surface area contributed by atoms with Gasteiger partial charge in [-0.2, -0.15) is 4.68 Å². The zero-order valence-electron chi connectivity index (χ0n) is 16.2. The fourth-order valence-corrected chi connectivity index (χ4v) is 3.55. The topological polar surface area (TPSA) is 81.9 Å². The van der Waals surface area contributed by atoms with E-state index in [1.54, 1.807) is 11.8 Å². The van der Waals surface area contributed by atoms with Crippen molar-refractivity contribution in [3.05, 3.63) is 78.9 Å². The number of amides is 1. The van der Waals surface area contributed by atoms with E-state index in [1.807, 2.05) is 66.7 Å². The van der Waals surface area contributed by atoms with E-state index in [4.69, 9.17) is 4.74 Å². The van der Waals surface area contributed by atoms with Gasteiger partial charge in [-0.15, -0.1) is 5.10 Å². The van der Waals surface area contributed by atoms with Crippen molar-refractivity contribution in [2.75, 3.05) is 18.2 Å². The molecule has 1 N–H and O–H groups in total. The largest absolute Gasteiger partial charge is 0.497 e. The number of nitrogens with one attached hydrogen (secondary N) is 1. The molecule has 8 heteroatoms. The Kier molecular flexibility index (Phi) is 6.05. The van der Waals surface area contributed by atoms with Gasteiger partial charge < -0.3 is 10.1 Å². The maximum Gasteiger partial charge on any atom is 0.234 e. The highest BCUT2D eigenvalue weighted by Crippen LogP contribution is 2.22. The number of anilines is 1. The summed E-state index contributed by atoms with van der Waals surface area (Å²) in [5, 5.41) is 15.2. The smallest absolute Gasteiger partial charge is 0.234 e. The Morgan fingerprint density at radius 2 is 1.67 bits per heavy atom. The second-order valence-electron chi connectivity index (χ2n) is 6.35. The average Bonchev–Trinajstić information content (AvgIpc) is 3.27. The first-order valence-electron chi connectivity index (χ1n) is 9.24. The molecule has 7 nitrogen and oxygen atoms in total. The van der Waals surface area contributed by atoms with Gasteiger partial charge in [0, 0.05) is 5.69 Å². The number of methoxy groups -OCH3 is 1. The summed E-state index contributed by atoms with van der Waals surface area (Å²) in [6.07, 6.45) is 0. The number of hydrogen-bond acceptors (Lipinski definition) is 6. The number of thioether (sulfide) groups is 1. The van der Waals surface area contributed by atoms with Crippen molar-refractivity contribution < 1.29 is 9.53 Å². The third kappa shape index (κ3) is 4.66. The molecule has 0 atom stereocenters. The number of hydrogen-bond donors (Lipinski definition) is 1. The van der Waals surface area contributed by atoms with E-state index in [2.05, 4.69) is 33.0 Å². The lowest BCUT2D eigenvalue weighted by molar-refractivity contribution is -0.113. The molecule has 4 aromatic rings. The Morgan fingerprint density at radius 3 is 2.37 bits per heavy atom. The summed E-state index contributed by atoms with van der Waals surface area (Å²) in [7, 11) is 1.61. The van der Waals surface area contributed by atoms with Gasteiger partial charge >= 0.3 is 0 Å². The maximum atomic E-state index is 12.4. The minimum Gasteiger partial charge on any atom is -0.497 e. The molecule has 0 spiro atoms. The number of nitrogens with zero attached hydrogens (tertiary/aromatic N) is 4. The summed E-state index contributed by atoms with van der Waals surface area (Å²) in [6, 6.07) is 25.2. The van der Waals surface area contributed by atoms with Gasteiger partial charge in [0.05, 0.1) is 18.6 Å². The van der Waals surface area contributed by atoms with Crippen molar-refractivity contribution in [3.63, 3.8) is 0 Å². The summed E-state index contributed by atoms with van der Waals surface area (Å²) in [4.78, 5) is 12.4. The molecule has 3 aromatic carbocycles. The Balaban J connectivity index is 1.36. The number of rotatable bonds is 7. The Morgan fingerprint density at radius 1 is 0.967 bits per heavy atom. The molecule has 0 unspecified atom stereocenters. The predicted molar refractivity (Wildman–Crippen MR) is 117 cm³/mol. The van der Waals surface area contributed by atoms with Crippen LogP contribution in [0.5, 0.6) is 5.75 Å². The zero-order valence-corrected chi connectivity index (χ0v) is 17.0. The first-order valence-corrected chi connectivity index (χ1v) is 10.2. The second kappa shape index (κ2) is 9.23. The van der Waals surface area contributed by atoms with E-state index in [1.165, 1.54) is 11.8 Å². The van der Waals surface area contributed by atoms with Crippen molar-refractivity contribution >= 4 is 23.4 Å². The quantitative estimate of drug-likeness (QED) is 0.457. The third-order valence-corrected chi connectivity index (χ3v) is 5.29. The molecule has 0 fully saturated rings. The van der Waals surface area contributed by atoms with E-state index in [0.29, 0.717) is 5.16 Å². The van der Waals surface area contributed by atoms with Crippen LogP contribution >= 0.6 is 11.8 Å². The van der Waals surface area contributed by atoms with Gasteiger partial charge in [-0.25, -0.2) is 0 Å². The fraction of sp³-hybridized carbons (Fsp3) is 0.0909. The molecule has 1 aromatic heterocycles. The van der Waals surface area contributed by atoms with Crippen molar-refractivity contribution in [3.8, 4) is 22.6 Å². The van der Waals surface area contributed by atoms with E-state index in [0.717, 1.165) is 28.3 Å². The molecule has 1 amide bonds. The van der Waals surface area contributed by atoms with Crippen LogP contribution in [-0.4, -0.2) is 39.0 Å². The highest BCUT2D eigenvalue weighted by atomic mass is 32.2. The number of aromatic nitrogens is 4. The van der Waals surface area contributed by atoms with Gasteiger partial charge in [0.25, 0.3) is 0 Å². The van der Waals surface area contributed by atoms with Gasteiger partial charge in [-0.1, -0.05) is 54.2 Å². The van der Waals surface area contributed by atoms with Gasteiger partial charge in [0.1, 0.15) is 5.75 Å². The molecule has 0 saturated carbocycles. The monoisotopic (exact) mass is 417 g/mol. The van der Waals surface area contributed by atoms with Gasteiger partial charge in [0.15, 0.2) is 0 Å². The molecule has 0 aliphatic carbocycles. The number of benzene rings is 3. The van der Waals surface area contributed by atoms with Crippen molar-refractivity contribution in [1.82, 2.24) is 20.2 Å². The zero-order chi connectivity index (χ0) is 20.8. The molecular formula is C22H19N5O2S. The molecular weight excluding hydrogens is 398 g/mol. The third-order valence-electron chi connectivity index (χ3n) is 4.37. The highest BCUT2D eigenvalue weighted by molar-refractivity contribution is 7.99. The molecule has 0 radical (unpaired) electrons. The van der Waals surface area contributed by atoms with Crippen molar-refractivity contribution in [1.29, 1.82) is 0 Å². The lowest BCUT2D eigenvalue weighted by Crippen LogP contribution is -2.14.